The molecule has 0 fully saturated rings. The lowest BCUT2D eigenvalue weighted by Crippen LogP contribution is -2.34. The Morgan fingerprint density at radius 2 is 1.45 bits per heavy atom. The maximum absolute atomic E-state index is 12.7. The Morgan fingerprint density at radius 3 is 2.12 bits per heavy atom. The number of benzene rings is 3. The molecule has 33 heavy (non-hydrogen) atoms. The van der Waals surface area contributed by atoms with Crippen LogP contribution in [0.4, 0.5) is 0 Å². The van der Waals surface area contributed by atoms with Crippen LogP contribution in [0.3, 0.4) is 0 Å². The fraction of sp³-hybridized carbons (Fsp3) is 0.200. The van der Waals surface area contributed by atoms with E-state index in [0.29, 0.717) is 10.6 Å². The van der Waals surface area contributed by atoms with E-state index in [9.17, 15) is 18.0 Å². The summed E-state index contributed by atoms with van der Waals surface area (Å²) in [5.41, 5.74) is 1.10. The summed E-state index contributed by atoms with van der Waals surface area (Å²) in [6, 6.07) is 23.5. The number of carbonyl (C=O) groups is 2. The predicted molar refractivity (Wildman–Crippen MR) is 129 cm³/mol. The van der Waals surface area contributed by atoms with E-state index in [4.69, 9.17) is 11.6 Å². The highest BCUT2D eigenvalue weighted by atomic mass is 35.5. The zero-order valence-electron chi connectivity index (χ0n) is 17.9. The van der Waals surface area contributed by atoms with Gasteiger partial charge in [-0.3, -0.25) is 9.59 Å². The van der Waals surface area contributed by atoms with Crippen LogP contribution in [0.15, 0.2) is 89.8 Å². The van der Waals surface area contributed by atoms with Gasteiger partial charge < -0.3 is 10.6 Å². The SMILES string of the molecule is O=C(CC(NC(=O)c1ccccc1Cl)c1ccccc1)NCCCS(=O)(=O)c1ccccc1. The van der Waals surface area contributed by atoms with Gasteiger partial charge in [0.05, 0.1) is 33.7 Å². The molecule has 6 nitrogen and oxygen atoms in total. The van der Waals surface area contributed by atoms with Gasteiger partial charge in [0.1, 0.15) is 0 Å². The lowest BCUT2D eigenvalue weighted by atomic mass is 10.0. The van der Waals surface area contributed by atoms with Crippen LogP contribution in [0.5, 0.6) is 0 Å². The van der Waals surface area contributed by atoms with Gasteiger partial charge in [0.25, 0.3) is 5.91 Å². The molecule has 0 aliphatic carbocycles. The van der Waals surface area contributed by atoms with Crippen LogP contribution in [0, 0.1) is 0 Å². The molecule has 1 atom stereocenters. The van der Waals surface area contributed by atoms with E-state index in [1.54, 1.807) is 54.6 Å². The maximum Gasteiger partial charge on any atom is 0.253 e. The second-order valence-corrected chi connectivity index (χ2v) is 9.97. The van der Waals surface area contributed by atoms with Gasteiger partial charge >= 0.3 is 0 Å². The van der Waals surface area contributed by atoms with Gasteiger partial charge in [0, 0.05) is 6.54 Å². The highest BCUT2D eigenvalue weighted by Gasteiger charge is 2.20. The van der Waals surface area contributed by atoms with E-state index in [1.165, 1.54) is 0 Å². The largest absolute Gasteiger partial charge is 0.356 e. The third kappa shape index (κ3) is 7.17. The predicted octanol–water partition coefficient (Wildman–Crippen LogP) is 4.18. The fourth-order valence-corrected chi connectivity index (χ4v) is 4.87. The first-order valence-corrected chi connectivity index (χ1v) is 12.5. The second-order valence-electron chi connectivity index (χ2n) is 7.46. The lowest BCUT2D eigenvalue weighted by Gasteiger charge is -2.19. The lowest BCUT2D eigenvalue weighted by molar-refractivity contribution is -0.121. The first kappa shape index (κ1) is 24.5. The van der Waals surface area contributed by atoms with E-state index >= 15 is 0 Å². The van der Waals surface area contributed by atoms with Crippen LogP contribution in [0.1, 0.15) is 34.8 Å². The number of amides is 2. The Morgan fingerprint density at radius 1 is 0.848 bits per heavy atom. The average molecular weight is 485 g/mol. The van der Waals surface area contributed by atoms with Gasteiger partial charge in [-0.25, -0.2) is 8.42 Å². The Bertz CT molecular complexity index is 1190. The Kier molecular flexibility index (Phi) is 8.63. The molecule has 3 rings (SSSR count). The zero-order valence-corrected chi connectivity index (χ0v) is 19.5. The van der Waals surface area contributed by atoms with E-state index in [1.807, 2.05) is 30.3 Å². The van der Waals surface area contributed by atoms with E-state index in [-0.39, 0.29) is 41.8 Å². The fourth-order valence-electron chi connectivity index (χ4n) is 3.31. The molecule has 8 heteroatoms. The van der Waals surface area contributed by atoms with Crippen molar-refractivity contribution in [2.45, 2.75) is 23.8 Å². The van der Waals surface area contributed by atoms with E-state index < -0.39 is 15.9 Å². The monoisotopic (exact) mass is 484 g/mol. The molecule has 2 amide bonds. The molecule has 0 aromatic heterocycles. The topological polar surface area (TPSA) is 92.3 Å². The summed E-state index contributed by atoms with van der Waals surface area (Å²) in [5.74, 6) is -0.737. The first-order valence-electron chi connectivity index (χ1n) is 10.5. The normalized spacial score (nSPS) is 12.0. The van der Waals surface area contributed by atoms with Gasteiger partial charge in [-0.15, -0.1) is 0 Å². The number of halogens is 1. The molecule has 0 heterocycles. The molecular formula is C25H25ClN2O4S. The summed E-state index contributed by atoms with van der Waals surface area (Å²) in [7, 11) is -3.40. The van der Waals surface area contributed by atoms with Crippen molar-refractivity contribution >= 4 is 33.3 Å². The molecule has 1 unspecified atom stereocenters. The van der Waals surface area contributed by atoms with Crippen LogP contribution in [0.2, 0.25) is 5.02 Å². The summed E-state index contributed by atoms with van der Waals surface area (Å²) in [4.78, 5) is 25.6. The van der Waals surface area contributed by atoms with E-state index in [2.05, 4.69) is 10.6 Å². The molecule has 2 N–H and O–H groups in total. The number of hydrogen-bond acceptors (Lipinski definition) is 4. The number of hydrogen-bond donors (Lipinski definition) is 2. The number of rotatable bonds is 10. The standard InChI is InChI=1S/C25H25ClN2O4S/c26-22-15-8-7-14-21(22)25(30)28-23(19-10-3-1-4-11-19)18-24(29)27-16-9-17-33(31,32)20-12-5-2-6-13-20/h1-8,10-15,23H,9,16-18H2,(H,27,29)(H,28,30). The second kappa shape index (κ2) is 11.6. The van der Waals surface area contributed by atoms with Crippen molar-refractivity contribution in [3.8, 4) is 0 Å². The third-order valence-corrected chi connectivity index (χ3v) is 7.18. The molecular weight excluding hydrogens is 460 g/mol. The van der Waals surface area contributed by atoms with Crippen molar-refractivity contribution in [3.63, 3.8) is 0 Å². The molecule has 0 aliphatic rings. The molecule has 3 aromatic rings. The molecule has 0 radical (unpaired) electrons. The minimum atomic E-state index is -3.40. The van der Waals surface area contributed by atoms with Crippen molar-refractivity contribution in [2.75, 3.05) is 12.3 Å². The van der Waals surface area contributed by atoms with Crippen LogP contribution >= 0.6 is 11.6 Å². The van der Waals surface area contributed by atoms with Crippen molar-refractivity contribution in [2.24, 2.45) is 0 Å². The van der Waals surface area contributed by atoms with Crippen LogP contribution in [-0.4, -0.2) is 32.5 Å². The average Bonchev–Trinajstić information content (AvgIpc) is 2.83. The van der Waals surface area contributed by atoms with Crippen LogP contribution in [-0.2, 0) is 14.6 Å². The first-order chi connectivity index (χ1) is 15.9. The molecule has 0 saturated heterocycles. The summed E-state index contributed by atoms with van der Waals surface area (Å²) in [6.45, 7) is 0.213. The molecule has 172 valence electrons. The van der Waals surface area contributed by atoms with Gasteiger partial charge in [-0.1, -0.05) is 72.3 Å². The van der Waals surface area contributed by atoms with Gasteiger partial charge in [-0.05, 0) is 36.2 Å². The number of carbonyl (C=O) groups excluding carboxylic acids is 2. The summed E-state index contributed by atoms with van der Waals surface area (Å²) in [6.07, 6.45) is 0.288. The van der Waals surface area contributed by atoms with Crippen molar-refractivity contribution in [1.29, 1.82) is 0 Å². The van der Waals surface area contributed by atoms with E-state index in [0.717, 1.165) is 5.56 Å². The third-order valence-electron chi connectivity index (χ3n) is 5.03. The van der Waals surface area contributed by atoms with Gasteiger partial charge in [-0.2, -0.15) is 0 Å². The summed E-state index contributed by atoms with van der Waals surface area (Å²) < 4.78 is 24.7. The number of nitrogens with one attached hydrogen (secondary N) is 2. The minimum absolute atomic E-state index is 0.00560. The minimum Gasteiger partial charge on any atom is -0.356 e. The molecule has 0 bridgehead atoms. The van der Waals surface area contributed by atoms with Crippen molar-refractivity contribution < 1.29 is 18.0 Å². The van der Waals surface area contributed by atoms with Gasteiger partial charge in [0.15, 0.2) is 9.84 Å². The Balaban J connectivity index is 1.58. The quantitative estimate of drug-likeness (QED) is 0.422. The summed E-state index contributed by atoms with van der Waals surface area (Å²) >= 11 is 6.13. The maximum atomic E-state index is 12.7. The highest BCUT2D eigenvalue weighted by molar-refractivity contribution is 7.91. The zero-order chi connectivity index (χ0) is 23.7. The van der Waals surface area contributed by atoms with Crippen molar-refractivity contribution in [3.05, 3.63) is 101 Å². The highest BCUT2D eigenvalue weighted by Crippen LogP contribution is 2.20. The van der Waals surface area contributed by atoms with Crippen LogP contribution in [0.25, 0.3) is 0 Å². The van der Waals surface area contributed by atoms with Crippen LogP contribution < -0.4 is 10.6 Å². The van der Waals surface area contributed by atoms with Gasteiger partial charge in [0.2, 0.25) is 5.91 Å². The Hall–Kier alpha value is -3.16. The number of sulfone groups is 1. The molecule has 0 spiro atoms. The smallest absolute Gasteiger partial charge is 0.253 e. The molecule has 3 aromatic carbocycles. The molecule has 0 saturated carbocycles. The Labute approximate surface area is 198 Å². The van der Waals surface area contributed by atoms with Crippen molar-refractivity contribution in [1.82, 2.24) is 10.6 Å². The molecule has 0 aliphatic heterocycles. The summed E-state index contributed by atoms with van der Waals surface area (Å²) in [5, 5.41) is 5.95.